The van der Waals surface area contributed by atoms with Crippen molar-refractivity contribution in [2.45, 2.75) is 0 Å². The molecule has 3 aromatic carbocycles. The third-order valence-corrected chi connectivity index (χ3v) is 4.52. The molecule has 7 heteroatoms. The second-order valence-electron chi connectivity index (χ2n) is 6.20. The van der Waals surface area contributed by atoms with Crippen LogP contribution in [0.4, 0.5) is 5.69 Å². The molecule has 1 amide bonds. The summed E-state index contributed by atoms with van der Waals surface area (Å²) < 4.78 is 16.5. The Bertz CT molecular complexity index is 1160. The van der Waals surface area contributed by atoms with Gasteiger partial charge in [-0.2, -0.15) is 0 Å². The van der Waals surface area contributed by atoms with Gasteiger partial charge in [0.1, 0.15) is 17.0 Å². The molecule has 0 atom stereocenters. The highest BCUT2D eigenvalue weighted by atomic mass is 35.5. The molecule has 0 aliphatic heterocycles. The Morgan fingerprint density at radius 3 is 2.66 bits per heavy atom. The van der Waals surface area contributed by atoms with Gasteiger partial charge in [-0.3, -0.25) is 4.79 Å². The van der Waals surface area contributed by atoms with Gasteiger partial charge in [-0.15, -0.1) is 0 Å². The summed E-state index contributed by atoms with van der Waals surface area (Å²) in [6.07, 6.45) is 0. The van der Waals surface area contributed by atoms with Crippen LogP contribution < -0.4 is 14.8 Å². The van der Waals surface area contributed by atoms with E-state index in [-0.39, 0.29) is 12.5 Å². The quantitative estimate of drug-likeness (QED) is 0.476. The minimum absolute atomic E-state index is 0.157. The van der Waals surface area contributed by atoms with Gasteiger partial charge in [0.05, 0.1) is 12.1 Å². The van der Waals surface area contributed by atoms with Gasteiger partial charge < -0.3 is 19.2 Å². The first kappa shape index (κ1) is 18.8. The molecular formula is C22H17ClN2O4. The number of aromatic nitrogens is 1. The molecule has 29 heavy (non-hydrogen) atoms. The molecule has 0 fully saturated rings. The number of oxazole rings is 1. The number of benzene rings is 3. The number of carbonyl (C=O) groups excluding carboxylic acids is 1. The lowest BCUT2D eigenvalue weighted by Crippen LogP contribution is -2.20. The van der Waals surface area contributed by atoms with E-state index in [1.807, 2.05) is 24.3 Å². The Balaban J connectivity index is 1.45. The van der Waals surface area contributed by atoms with Gasteiger partial charge in [0.15, 0.2) is 12.2 Å². The molecule has 0 aliphatic rings. The van der Waals surface area contributed by atoms with Gasteiger partial charge in [-0.25, -0.2) is 4.98 Å². The number of amides is 1. The largest absolute Gasteiger partial charge is 0.497 e. The number of para-hydroxylation sites is 1. The number of methoxy groups -OCH3 is 1. The standard InChI is InChI=1S/C22H17ClN2O4/c1-27-16-9-6-14(7-10-16)22-25-18-11-8-15(12-20(18)29-22)24-21(26)13-28-19-5-3-2-4-17(19)23/h2-12H,13H2,1H3,(H,24,26). The Morgan fingerprint density at radius 2 is 1.90 bits per heavy atom. The van der Waals surface area contributed by atoms with Gasteiger partial charge in [0, 0.05) is 17.3 Å². The zero-order chi connectivity index (χ0) is 20.2. The van der Waals surface area contributed by atoms with Crippen molar-refractivity contribution in [1.82, 2.24) is 4.98 Å². The van der Waals surface area contributed by atoms with Crippen LogP contribution in [-0.4, -0.2) is 24.6 Å². The summed E-state index contributed by atoms with van der Waals surface area (Å²) in [5.41, 5.74) is 2.69. The van der Waals surface area contributed by atoms with Crippen LogP contribution in [0.2, 0.25) is 5.02 Å². The van der Waals surface area contributed by atoms with Crippen molar-refractivity contribution >= 4 is 34.3 Å². The fourth-order valence-corrected chi connectivity index (χ4v) is 2.95. The van der Waals surface area contributed by atoms with Gasteiger partial charge in [-0.05, 0) is 48.5 Å². The number of halogens is 1. The lowest BCUT2D eigenvalue weighted by Gasteiger charge is -2.08. The second-order valence-corrected chi connectivity index (χ2v) is 6.60. The third-order valence-electron chi connectivity index (χ3n) is 4.20. The summed E-state index contributed by atoms with van der Waals surface area (Å²) in [5.74, 6) is 1.40. The summed E-state index contributed by atoms with van der Waals surface area (Å²) in [4.78, 5) is 16.7. The number of carbonyl (C=O) groups is 1. The number of rotatable bonds is 6. The summed E-state index contributed by atoms with van der Waals surface area (Å²) in [5, 5.41) is 3.23. The number of hydrogen-bond acceptors (Lipinski definition) is 5. The summed E-state index contributed by atoms with van der Waals surface area (Å²) in [6, 6.07) is 19.7. The molecule has 1 heterocycles. The van der Waals surface area contributed by atoms with E-state index in [0.717, 1.165) is 11.3 Å². The topological polar surface area (TPSA) is 73.6 Å². The average molecular weight is 409 g/mol. The van der Waals surface area contributed by atoms with E-state index in [2.05, 4.69) is 10.3 Å². The van der Waals surface area contributed by atoms with Crippen LogP contribution in [0.15, 0.2) is 71.1 Å². The van der Waals surface area contributed by atoms with Crippen molar-refractivity contribution in [3.8, 4) is 23.0 Å². The normalized spacial score (nSPS) is 10.7. The number of hydrogen-bond donors (Lipinski definition) is 1. The lowest BCUT2D eigenvalue weighted by molar-refractivity contribution is -0.118. The first-order valence-electron chi connectivity index (χ1n) is 8.84. The number of anilines is 1. The fourth-order valence-electron chi connectivity index (χ4n) is 2.76. The molecule has 1 N–H and O–H groups in total. The van der Waals surface area contributed by atoms with Crippen molar-refractivity contribution in [1.29, 1.82) is 0 Å². The predicted octanol–water partition coefficient (Wildman–Crippen LogP) is 5.17. The molecule has 0 saturated carbocycles. The molecule has 4 rings (SSSR count). The number of nitrogens with one attached hydrogen (secondary N) is 1. The molecule has 1 aromatic heterocycles. The Morgan fingerprint density at radius 1 is 1.10 bits per heavy atom. The lowest BCUT2D eigenvalue weighted by atomic mass is 10.2. The molecule has 0 spiro atoms. The van der Waals surface area contributed by atoms with Crippen molar-refractivity contribution in [2.24, 2.45) is 0 Å². The average Bonchev–Trinajstić information content (AvgIpc) is 3.16. The number of nitrogens with zero attached hydrogens (tertiary/aromatic N) is 1. The Hall–Kier alpha value is -3.51. The van der Waals surface area contributed by atoms with Crippen LogP contribution in [0.1, 0.15) is 0 Å². The van der Waals surface area contributed by atoms with Crippen molar-refractivity contribution in [2.75, 3.05) is 19.0 Å². The highest BCUT2D eigenvalue weighted by Crippen LogP contribution is 2.28. The highest BCUT2D eigenvalue weighted by molar-refractivity contribution is 6.32. The van der Waals surface area contributed by atoms with Crippen molar-refractivity contribution in [3.63, 3.8) is 0 Å². The fraction of sp³-hybridized carbons (Fsp3) is 0.0909. The van der Waals surface area contributed by atoms with Crippen LogP contribution >= 0.6 is 11.6 Å². The summed E-state index contributed by atoms with van der Waals surface area (Å²) in [6.45, 7) is -0.157. The molecule has 6 nitrogen and oxygen atoms in total. The van der Waals surface area contributed by atoms with E-state index < -0.39 is 0 Å². The van der Waals surface area contributed by atoms with E-state index >= 15 is 0 Å². The number of ether oxygens (including phenoxy) is 2. The van der Waals surface area contributed by atoms with Crippen LogP contribution in [-0.2, 0) is 4.79 Å². The van der Waals surface area contributed by atoms with Crippen molar-refractivity contribution < 1.29 is 18.7 Å². The highest BCUT2D eigenvalue weighted by Gasteiger charge is 2.11. The minimum atomic E-state index is -0.306. The van der Waals surface area contributed by atoms with Crippen LogP contribution in [0.5, 0.6) is 11.5 Å². The SMILES string of the molecule is COc1ccc(-c2nc3ccc(NC(=O)COc4ccccc4Cl)cc3o2)cc1. The maximum atomic E-state index is 12.2. The first-order chi connectivity index (χ1) is 14.1. The molecule has 0 bridgehead atoms. The van der Waals surface area contributed by atoms with Crippen molar-refractivity contribution in [3.05, 3.63) is 71.8 Å². The van der Waals surface area contributed by atoms with Crippen LogP contribution in [0, 0.1) is 0 Å². The molecule has 0 saturated heterocycles. The maximum Gasteiger partial charge on any atom is 0.262 e. The zero-order valence-corrected chi connectivity index (χ0v) is 16.3. The Kier molecular flexibility index (Phi) is 5.35. The molecular weight excluding hydrogens is 392 g/mol. The van der Waals surface area contributed by atoms with E-state index in [4.69, 9.17) is 25.5 Å². The van der Waals surface area contributed by atoms with E-state index in [0.29, 0.717) is 33.4 Å². The zero-order valence-electron chi connectivity index (χ0n) is 15.5. The third kappa shape index (κ3) is 4.33. The van der Waals surface area contributed by atoms with Gasteiger partial charge in [0.2, 0.25) is 5.89 Å². The Labute approximate surface area is 172 Å². The maximum absolute atomic E-state index is 12.2. The summed E-state index contributed by atoms with van der Waals surface area (Å²) in [7, 11) is 1.61. The smallest absolute Gasteiger partial charge is 0.262 e. The van der Waals surface area contributed by atoms with Crippen LogP contribution in [0.25, 0.3) is 22.6 Å². The molecule has 4 aromatic rings. The monoisotopic (exact) mass is 408 g/mol. The van der Waals surface area contributed by atoms with Crippen LogP contribution in [0.3, 0.4) is 0 Å². The van der Waals surface area contributed by atoms with E-state index in [9.17, 15) is 4.79 Å². The predicted molar refractivity (Wildman–Crippen MR) is 112 cm³/mol. The second kappa shape index (κ2) is 8.24. The van der Waals surface area contributed by atoms with E-state index in [1.165, 1.54) is 0 Å². The summed E-state index contributed by atoms with van der Waals surface area (Å²) >= 11 is 6.02. The molecule has 0 unspecified atom stereocenters. The molecule has 0 aliphatic carbocycles. The van der Waals surface area contributed by atoms with Gasteiger partial charge in [0.25, 0.3) is 5.91 Å². The molecule has 146 valence electrons. The molecule has 0 radical (unpaired) electrons. The van der Waals surface area contributed by atoms with Gasteiger partial charge in [-0.1, -0.05) is 23.7 Å². The first-order valence-corrected chi connectivity index (χ1v) is 9.22. The van der Waals surface area contributed by atoms with E-state index in [1.54, 1.807) is 49.6 Å². The minimum Gasteiger partial charge on any atom is -0.497 e. The number of fused-ring (bicyclic) bond motifs is 1. The van der Waals surface area contributed by atoms with Gasteiger partial charge >= 0.3 is 0 Å².